The molecule has 2 heterocycles. The average Bonchev–Trinajstić information content (AvgIpc) is 2.95. The van der Waals surface area contributed by atoms with Crippen LogP contribution in [0.1, 0.15) is 28.7 Å². The van der Waals surface area contributed by atoms with Gasteiger partial charge in [-0.15, -0.1) is 0 Å². The molecule has 7 heteroatoms. The molecule has 2 N–H and O–H groups in total. The number of aryl methyl sites for hydroxylation is 1. The van der Waals surface area contributed by atoms with E-state index < -0.39 is 5.91 Å². The fraction of sp³-hybridized carbons (Fsp3) is 0.111. The summed E-state index contributed by atoms with van der Waals surface area (Å²) < 4.78 is 1.45. The van der Waals surface area contributed by atoms with Crippen LogP contribution < -0.4 is 11.0 Å². The number of rotatable bonds is 4. The van der Waals surface area contributed by atoms with E-state index in [2.05, 4.69) is 20.6 Å². The number of aromatic nitrogens is 3. The van der Waals surface area contributed by atoms with Gasteiger partial charge in [0.2, 0.25) is 0 Å². The molecule has 7 nitrogen and oxygen atoms in total. The summed E-state index contributed by atoms with van der Waals surface area (Å²) in [5.41, 5.74) is 4.69. The van der Waals surface area contributed by atoms with Crippen LogP contribution in [0.3, 0.4) is 0 Å². The highest BCUT2D eigenvalue weighted by Crippen LogP contribution is 2.07. The minimum Gasteiger partial charge on any atom is -0.295 e. The summed E-state index contributed by atoms with van der Waals surface area (Å²) in [6.45, 7) is 3.46. The Morgan fingerprint density at radius 3 is 2.56 bits per heavy atom. The molecule has 1 aromatic carbocycles. The summed E-state index contributed by atoms with van der Waals surface area (Å²) in [4.78, 5) is 28.6. The monoisotopic (exact) mass is 335 g/mol. The summed E-state index contributed by atoms with van der Waals surface area (Å²) in [6, 6.07) is 14.3. The Morgan fingerprint density at radius 1 is 1.16 bits per heavy atom. The number of hydrazone groups is 1. The predicted molar refractivity (Wildman–Crippen MR) is 95.0 cm³/mol. The largest absolute Gasteiger partial charge is 0.295 e. The molecule has 3 rings (SSSR count). The molecule has 0 spiro atoms. The number of nitrogens with zero attached hydrogens (tertiary/aromatic N) is 3. The Bertz CT molecular complexity index is 972. The van der Waals surface area contributed by atoms with Gasteiger partial charge in [-0.3, -0.25) is 19.7 Å². The first-order valence-corrected chi connectivity index (χ1v) is 7.71. The molecule has 0 aliphatic rings. The Morgan fingerprint density at radius 2 is 1.88 bits per heavy atom. The number of para-hydroxylation sites is 1. The molecule has 0 saturated carbocycles. The molecule has 0 saturated heterocycles. The van der Waals surface area contributed by atoms with Gasteiger partial charge in [-0.1, -0.05) is 24.3 Å². The van der Waals surface area contributed by atoms with Crippen LogP contribution in [0.4, 0.5) is 0 Å². The molecule has 0 unspecified atom stereocenters. The Hall–Kier alpha value is -3.48. The van der Waals surface area contributed by atoms with Gasteiger partial charge < -0.3 is 0 Å². The first kappa shape index (κ1) is 16.4. The summed E-state index contributed by atoms with van der Waals surface area (Å²) in [7, 11) is 0. The molecule has 126 valence electrons. The van der Waals surface area contributed by atoms with Crippen molar-refractivity contribution >= 4 is 11.6 Å². The summed E-state index contributed by atoms with van der Waals surface area (Å²) in [6.07, 6.45) is 1.53. The van der Waals surface area contributed by atoms with Crippen molar-refractivity contribution in [2.45, 2.75) is 13.8 Å². The Balaban J connectivity index is 1.88. The van der Waals surface area contributed by atoms with E-state index in [4.69, 9.17) is 0 Å². The van der Waals surface area contributed by atoms with Crippen molar-refractivity contribution in [2.24, 2.45) is 5.10 Å². The lowest BCUT2D eigenvalue weighted by molar-refractivity contribution is 0.0950. The van der Waals surface area contributed by atoms with Crippen molar-refractivity contribution in [3.05, 3.63) is 82.0 Å². The van der Waals surface area contributed by atoms with Crippen LogP contribution >= 0.6 is 0 Å². The maximum Gasteiger partial charge on any atom is 0.289 e. The number of H-pyrrole nitrogens is 1. The predicted octanol–water partition coefficient (Wildman–Crippen LogP) is 2.02. The quantitative estimate of drug-likeness (QED) is 0.564. The Kier molecular flexibility index (Phi) is 4.56. The van der Waals surface area contributed by atoms with Crippen molar-refractivity contribution in [3.63, 3.8) is 0 Å². The molecule has 0 aliphatic carbocycles. The highest BCUT2D eigenvalue weighted by molar-refractivity contribution is 6.01. The van der Waals surface area contributed by atoms with E-state index in [-0.39, 0.29) is 11.3 Å². The second-order valence-corrected chi connectivity index (χ2v) is 5.44. The molecule has 25 heavy (non-hydrogen) atoms. The minimum atomic E-state index is -0.434. The van der Waals surface area contributed by atoms with Crippen molar-refractivity contribution < 1.29 is 4.79 Å². The van der Waals surface area contributed by atoms with Gasteiger partial charge in [0.1, 0.15) is 5.69 Å². The maximum atomic E-state index is 12.7. The summed E-state index contributed by atoms with van der Waals surface area (Å²) >= 11 is 0. The van der Waals surface area contributed by atoms with E-state index in [9.17, 15) is 9.59 Å². The first-order chi connectivity index (χ1) is 12.1. The van der Waals surface area contributed by atoms with Gasteiger partial charge >= 0.3 is 0 Å². The summed E-state index contributed by atoms with van der Waals surface area (Å²) in [5.74, 6) is -0.434. The molecule has 0 bridgehead atoms. The van der Waals surface area contributed by atoms with Gasteiger partial charge in [0.15, 0.2) is 0 Å². The second kappa shape index (κ2) is 6.96. The van der Waals surface area contributed by atoms with Crippen molar-refractivity contribution in [2.75, 3.05) is 0 Å². The zero-order valence-corrected chi connectivity index (χ0v) is 13.9. The lowest BCUT2D eigenvalue weighted by Gasteiger charge is -2.01. The fourth-order valence-corrected chi connectivity index (χ4v) is 2.48. The van der Waals surface area contributed by atoms with Gasteiger partial charge in [-0.25, -0.2) is 10.1 Å². The van der Waals surface area contributed by atoms with Crippen molar-refractivity contribution in [3.8, 4) is 5.69 Å². The number of hydrogen-bond acceptors (Lipinski definition) is 4. The standard InChI is InChI=1S/C18H17N5O2/c1-12(20-21-17(24)15-10-6-7-11-19-15)16-13(2)22-23(18(16)25)14-8-4-3-5-9-14/h3-11,22H,1-2H3,(H,21,24)/b20-12+. The van der Waals surface area contributed by atoms with Crippen molar-refractivity contribution in [1.29, 1.82) is 0 Å². The van der Waals surface area contributed by atoms with Gasteiger partial charge in [-0.2, -0.15) is 5.10 Å². The molecule has 1 amide bonds. The number of benzene rings is 1. The third-order valence-electron chi connectivity index (χ3n) is 3.67. The number of nitrogens with one attached hydrogen (secondary N) is 2. The Labute approximate surface area is 144 Å². The molecule has 0 aliphatic heterocycles. The molecule has 3 aromatic rings. The second-order valence-electron chi connectivity index (χ2n) is 5.44. The normalized spacial score (nSPS) is 11.4. The smallest absolute Gasteiger partial charge is 0.289 e. The van der Waals surface area contributed by atoms with Crippen LogP contribution in [0.15, 0.2) is 64.6 Å². The number of amides is 1. The zero-order chi connectivity index (χ0) is 17.8. The van der Waals surface area contributed by atoms with Crippen LogP contribution in [-0.2, 0) is 0 Å². The molecule has 2 aromatic heterocycles. The van der Waals surface area contributed by atoms with Gasteiger partial charge in [-0.05, 0) is 38.1 Å². The number of carbonyl (C=O) groups is 1. The lowest BCUT2D eigenvalue weighted by Crippen LogP contribution is -2.23. The van der Waals surface area contributed by atoms with E-state index in [0.29, 0.717) is 17.0 Å². The fourth-order valence-electron chi connectivity index (χ4n) is 2.48. The van der Waals surface area contributed by atoms with E-state index in [0.717, 1.165) is 5.69 Å². The number of aromatic amines is 1. The zero-order valence-electron chi connectivity index (χ0n) is 13.9. The van der Waals surface area contributed by atoms with Crippen LogP contribution in [0.2, 0.25) is 0 Å². The van der Waals surface area contributed by atoms with Crippen LogP contribution in [-0.4, -0.2) is 26.4 Å². The number of pyridine rings is 1. The average molecular weight is 335 g/mol. The highest BCUT2D eigenvalue weighted by atomic mass is 16.2. The molecular weight excluding hydrogens is 318 g/mol. The third kappa shape index (κ3) is 3.40. The highest BCUT2D eigenvalue weighted by Gasteiger charge is 2.15. The molecular formula is C18H17N5O2. The topological polar surface area (TPSA) is 92.1 Å². The third-order valence-corrected chi connectivity index (χ3v) is 3.67. The van der Waals surface area contributed by atoms with E-state index in [1.54, 1.807) is 32.0 Å². The first-order valence-electron chi connectivity index (χ1n) is 7.71. The van der Waals surface area contributed by atoms with E-state index >= 15 is 0 Å². The van der Waals surface area contributed by atoms with E-state index in [1.165, 1.54) is 10.9 Å². The van der Waals surface area contributed by atoms with E-state index in [1.807, 2.05) is 30.3 Å². The van der Waals surface area contributed by atoms with Gasteiger partial charge in [0, 0.05) is 11.9 Å². The van der Waals surface area contributed by atoms with Crippen LogP contribution in [0, 0.1) is 6.92 Å². The summed E-state index contributed by atoms with van der Waals surface area (Å²) in [5, 5.41) is 7.07. The van der Waals surface area contributed by atoms with Crippen molar-refractivity contribution in [1.82, 2.24) is 20.2 Å². The van der Waals surface area contributed by atoms with Crippen LogP contribution in [0.5, 0.6) is 0 Å². The minimum absolute atomic E-state index is 0.225. The van der Waals surface area contributed by atoms with Gasteiger partial charge in [0.25, 0.3) is 11.5 Å². The molecule has 0 radical (unpaired) electrons. The molecule has 0 fully saturated rings. The number of carbonyl (C=O) groups excluding carboxylic acids is 1. The maximum absolute atomic E-state index is 12.7. The van der Waals surface area contributed by atoms with Crippen LogP contribution in [0.25, 0.3) is 5.69 Å². The number of hydrogen-bond donors (Lipinski definition) is 2. The van der Waals surface area contributed by atoms with Gasteiger partial charge in [0.05, 0.1) is 17.0 Å². The lowest BCUT2D eigenvalue weighted by atomic mass is 10.2. The molecule has 0 atom stereocenters. The SMILES string of the molecule is C/C(=N\NC(=O)c1ccccn1)c1c(C)[nH]n(-c2ccccc2)c1=O.